The summed E-state index contributed by atoms with van der Waals surface area (Å²) in [6.45, 7) is 13.2. The summed E-state index contributed by atoms with van der Waals surface area (Å²) in [5.74, 6) is -0.786. The van der Waals surface area contributed by atoms with Crippen LogP contribution < -0.4 is 0 Å². The molecule has 0 rings (SSSR count). The van der Waals surface area contributed by atoms with Crippen LogP contribution in [0.5, 0.6) is 0 Å². The van der Waals surface area contributed by atoms with Gasteiger partial charge >= 0.3 is 12.4 Å². The van der Waals surface area contributed by atoms with E-state index >= 15 is 0 Å². The molecule has 0 aromatic heterocycles. The Morgan fingerprint density at radius 3 is 2.17 bits per heavy atom. The van der Waals surface area contributed by atoms with Crippen molar-refractivity contribution in [2.24, 2.45) is 11.3 Å². The van der Waals surface area contributed by atoms with E-state index in [-0.39, 0.29) is 11.4 Å². The molecular formula is C14H25O4. The first-order valence-corrected chi connectivity index (χ1v) is 6.42. The van der Waals surface area contributed by atoms with Gasteiger partial charge in [-0.05, 0) is 32.1 Å². The van der Waals surface area contributed by atoms with Gasteiger partial charge in [-0.1, -0.05) is 27.7 Å². The van der Waals surface area contributed by atoms with Crippen molar-refractivity contribution in [2.75, 3.05) is 6.61 Å². The van der Waals surface area contributed by atoms with Gasteiger partial charge in [0, 0.05) is 0 Å². The van der Waals surface area contributed by atoms with Crippen LogP contribution in [0.25, 0.3) is 0 Å². The van der Waals surface area contributed by atoms with Crippen molar-refractivity contribution in [3.8, 4) is 0 Å². The van der Waals surface area contributed by atoms with E-state index in [1.54, 1.807) is 13.8 Å². The Kier molecular flexibility index (Phi) is 6.36. The maximum atomic E-state index is 12.0. The number of carbonyl (C=O) groups is 1. The van der Waals surface area contributed by atoms with Crippen LogP contribution in [0.3, 0.4) is 0 Å². The predicted molar refractivity (Wildman–Crippen MR) is 69.7 cm³/mol. The number of carbonyl (C=O) groups excluding carboxylic acids is 2. The lowest BCUT2D eigenvalue weighted by molar-refractivity contribution is -0.159. The number of hydrogen-bond acceptors (Lipinski definition) is 4. The average Bonchev–Trinajstić information content (AvgIpc) is 2.27. The van der Waals surface area contributed by atoms with Crippen molar-refractivity contribution in [3.63, 3.8) is 0 Å². The van der Waals surface area contributed by atoms with Crippen molar-refractivity contribution in [3.05, 3.63) is 0 Å². The molecule has 0 aliphatic carbocycles. The zero-order chi connectivity index (χ0) is 14.4. The SMILES string of the molecule is CCC(C(=O)OCC(C)(C)CC)C(C)(C)O[C]=O. The molecule has 0 saturated heterocycles. The van der Waals surface area contributed by atoms with Gasteiger partial charge in [-0.15, -0.1) is 0 Å². The molecule has 0 fully saturated rings. The molecule has 4 nitrogen and oxygen atoms in total. The number of esters is 1. The molecule has 0 N–H and O–H groups in total. The highest BCUT2D eigenvalue weighted by atomic mass is 16.6. The van der Waals surface area contributed by atoms with Crippen molar-refractivity contribution >= 4 is 12.4 Å². The van der Waals surface area contributed by atoms with Gasteiger partial charge in [-0.3, -0.25) is 4.79 Å². The standard InChI is InChI=1S/C14H25O4/c1-7-11(14(5,6)18-10-15)12(16)17-9-13(3,4)8-2/h11H,7-9H2,1-6H3. The fourth-order valence-electron chi connectivity index (χ4n) is 1.59. The van der Waals surface area contributed by atoms with E-state index in [9.17, 15) is 9.59 Å². The lowest BCUT2D eigenvalue weighted by Crippen LogP contribution is -2.40. The summed E-state index contributed by atoms with van der Waals surface area (Å²) >= 11 is 0. The molecule has 0 aliphatic heterocycles. The minimum Gasteiger partial charge on any atom is -0.465 e. The van der Waals surface area contributed by atoms with Gasteiger partial charge in [0.05, 0.1) is 12.5 Å². The van der Waals surface area contributed by atoms with Crippen molar-refractivity contribution in [1.82, 2.24) is 0 Å². The summed E-state index contributed by atoms with van der Waals surface area (Å²) in [6, 6.07) is 0. The van der Waals surface area contributed by atoms with Crippen LogP contribution in [0.4, 0.5) is 0 Å². The molecule has 0 aliphatic rings. The molecule has 105 valence electrons. The van der Waals surface area contributed by atoms with Gasteiger partial charge in [0.25, 0.3) is 0 Å². The van der Waals surface area contributed by atoms with Crippen molar-refractivity contribution < 1.29 is 19.1 Å². The zero-order valence-electron chi connectivity index (χ0n) is 12.3. The lowest BCUT2D eigenvalue weighted by atomic mass is 9.88. The maximum Gasteiger partial charge on any atom is 0.418 e. The summed E-state index contributed by atoms with van der Waals surface area (Å²) in [6.07, 6.45) is 1.49. The van der Waals surface area contributed by atoms with Gasteiger partial charge in [0.2, 0.25) is 0 Å². The highest BCUT2D eigenvalue weighted by Gasteiger charge is 2.37. The molecule has 0 heterocycles. The van der Waals surface area contributed by atoms with Gasteiger partial charge < -0.3 is 9.47 Å². The number of hydrogen-bond donors (Lipinski definition) is 0. The van der Waals surface area contributed by atoms with E-state index in [4.69, 9.17) is 9.47 Å². The second-order valence-corrected chi connectivity index (χ2v) is 5.88. The minimum absolute atomic E-state index is 0.0320. The monoisotopic (exact) mass is 257 g/mol. The summed E-state index contributed by atoms with van der Waals surface area (Å²) < 4.78 is 10.2. The first kappa shape index (κ1) is 16.9. The van der Waals surface area contributed by atoms with E-state index in [1.807, 2.05) is 20.8 Å². The van der Waals surface area contributed by atoms with Crippen molar-refractivity contribution in [1.29, 1.82) is 0 Å². The normalized spacial score (nSPS) is 13.9. The van der Waals surface area contributed by atoms with Crippen LogP contribution in [0.15, 0.2) is 0 Å². The van der Waals surface area contributed by atoms with Crippen LogP contribution in [0, 0.1) is 11.3 Å². The van der Waals surface area contributed by atoms with Gasteiger partial charge in [-0.25, -0.2) is 4.79 Å². The first-order chi connectivity index (χ1) is 8.20. The maximum absolute atomic E-state index is 12.0. The Bertz CT molecular complexity index is 282. The smallest absolute Gasteiger partial charge is 0.418 e. The second kappa shape index (κ2) is 6.76. The summed E-state index contributed by atoms with van der Waals surface area (Å²) in [5, 5.41) is 0. The van der Waals surface area contributed by atoms with Crippen LogP contribution in [-0.4, -0.2) is 24.6 Å². The van der Waals surface area contributed by atoms with Gasteiger partial charge in [-0.2, -0.15) is 0 Å². The van der Waals surface area contributed by atoms with Crippen LogP contribution >= 0.6 is 0 Å². The zero-order valence-corrected chi connectivity index (χ0v) is 12.3. The summed E-state index contributed by atoms with van der Waals surface area (Å²) in [5.41, 5.74) is -0.917. The van der Waals surface area contributed by atoms with E-state index in [0.717, 1.165) is 6.42 Å². The molecule has 0 saturated carbocycles. The molecule has 0 bridgehead atoms. The Hall–Kier alpha value is -1.06. The fourth-order valence-corrected chi connectivity index (χ4v) is 1.59. The minimum atomic E-state index is -0.885. The molecule has 1 atom stereocenters. The van der Waals surface area contributed by atoms with E-state index in [1.165, 1.54) is 6.47 Å². The Labute approximate surface area is 110 Å². The predicted octanol–water partition coefficient (Wildman–Crippen LogP) is 2.85. The molecule has 0 spiro atoms. The third-order valence-electron chi connectivity index (χ3n) is 3.40. The molecule has 0 amide bonds. The molecule has 18 heavy (non-hydrogen) atoms. The Morgan fingerprint density at radius 1 is 1.22 bits per heavy atom. The molecule has 0 aromatic rings. The Balaban J connectivity index is 4.58. The topological polar surface area (TPSA) is 52.6 Å². The number of rotatable bonds is 8. The molecule has 1 radical (unpaired) electrons. The van der Waals surface area contributed by atoms with Crippen LogP contribution in [0.2, 0.25) is 0 Å². The van der Waals surface area contributed by atoms with Crippen LogP contribution in [0.1, 0.15) is 54.4 Å². The lowest BCUT2D eigenvalue weighted by Gasteiger charge is -2.31. The molecule has 4 heteroatoms. The third kappa shape index (κ3) is 5.07. The van der Waals surface area contributed by atoms with Gasteiger partial charge in [0.1, 0.15) is 5.60 Å². The quantitative estimate of drug-likeness (QED) is 0.627. The molecular weight excluding hydrogens is 232 g/mol. The molecule has 0 aromatic carbocycles. The molecule has 1 unspecified atom stereocenters. The van der Waals surface area contributed by atoms with E-state index < -0.39 is 11.5 Å². The summed E-state index contributed by atoms with van der Waals surface area (Å²) in [7, 11) is 0. The van der Waals surface area contributed by atoms with E-state index in [0.29, 0.717) is 13.0 Å². The number of ether oxygens (including phenoxy) is 2. The fraction of sp³-hybridized carbons (Fsp3) is 0.857. The highest BCUT2D eigenvalue weighted by molar-refractivity contribution is 5.74. The van der Waals surface area contributed by atoms with Gasteiger partial charge in [0.15, 0.2) is 0 Å². The highest BCUT2D eigenvalue weighted by Crippen LogP contribution is 2.27. The second-order valence-electron chi connectivity index (χ2n) is 5.88. The average molecular weight is 257 g/mol. The van der Waals surface area contributed by atoms with Crippen molar-refractivity contribution in [2.45, 2.75) is 60.0 Å². The van der Waals surface area contributed by atoms with Crippen LogP contribution in [-0.2, 0) is 19.1 Å². The van der Waals surface area contributed by atoms with E-state index in [2.05, 4.69) is 6.92 Å². The summed E-state index contributed by atoms with van der Waals surface area (Å²) in [4.78, 5) is 22.4. The third-order valence-corrected chi connectivity index (χ3v) is 3.40. The largest absolute Gasteiger partial charge is 0.465 e. The first-order valence-electron chi connectivity index (χ1n) is 6.42. The Morgan fingerprint density at radius 2 is 1.78 bits per heavy atom.